The van der Waals surface area contributed by atoms with Crippen LogP contribution in [-0.2, 0) is 18.5 Å². The lowest BCUT2D eigenvalue weighted by Gasteiger charge is -2.34. The summed E-state index contributed by atoms with van der Waals surface area (Å²) < 4.78 is 34.3. The number of nitrogens with one attached hydrogen (secondary N) is 1. The molecule has 2 aliphatic rings. The van der Waals surface area contributed by atoms with Gasteiger partial charge in [-0.2, -0.15) is 10.2 Å². The number of nitrogens with zero attached hydrogens (tertiary/aromatic N) is 10. The fraction of sp³-hybridized carbons (Fsp3) is 0.314. The Hall–Kier alpha value is -7.86. The first kappa shape index (κ1) is 43.7. The maximum absolute atomic E-state index is 15.6. The highest BCUT2D eigenvalue weighted by Crippen LogP contribution is 2.56. The van der Waals surface area contributed by atoms with Crippen LogP contribution in [0.2, 0.25) is 0 Å². The zero-order chi connectivity index (χ0) is 48.4. The molecule has 1 saturated carbocycles. The second kappa shape index (κ2) is 15.6. The number of hydrogen-bond donors (Lipinski definition) is 2. The summed E-state index contributed by atoms with van der Waals surface area (Å²) in [6.07, 6.45) is 7.73. The molecule has 17 nitrogen and oxygen atoms in total. The Kier molecular flexibility index (Phi) is 9.88. The molecule has 9 aromatic rings. The van der Waals surface area contributed by atoms with E-state index in [4.69, 9.17) is 14.4 Å². The summed E-state index contributed by atoms with van der Waals surface area (Å²) in [7, 11) is 1.59. The Morgan fingerprint density at radius 3 is 2.41 bits per heavy atom. The fourth-order valence-electron chi connectivity index (χ4n) is 10.6. The molecule has 0 saturated heterocycles. The van der Waals surface area contributed by atoms with E-state index in [9.17, 15) is 14.7 Å². The van der Waals surface area contributed by atoms with Crippen LogP contribution in [0.5, 0.6) is 5.88 Å². The fourth-order valence-corrected chi connectivity index (χ4v) is 10.6. The van der Waals surface area contributed by atoms with Gasteiger partial charge in [0.15, 0.2) is 5.82 Å². The molecular weight excluding hydrogens is 882 g/mol. The van der Waals surface area contributed by atoms with Crippen LogP contribution in [0.25, 0.3) is 50.1 Å². The van der Waals surface area contributed by atoms with E-state index in [0.29, 0.717) is 76.4 Å². The van der Waals surface area contributed by atoms with Crippen LogP contribution in [0.1, 0.15) is 84.4 Å². The number of benzene rings is 3. The van der Waals surface area contributed by atoms with E-state index in [-0.39, 0.29) is 24.2 Å². The molecule has 3 atom stereocenters. The van der Waals surface area contributed by atoms with Gasteiger partial charge in [-0.3, -0.25) is 28.1 Å². The number of pyridine rings is 1. The van der Waals surface area contributed by atoms with Crippen molar-refractivity contribution in [1.82, 2.24) is 53.3 Å². The lowest BCUT2D eigenvalue weighted by atomic mass is 9.98. The average molecular weight is 932 g/mol. The lowest BCUT2D eigenvalue weighted by molar-refractivity contribution is 0.0590. The number of methoxy groups -OCH3 is 1. The van der Waals surface area contributed by atoms with Gasteiger partial charge >= 0.3 is 11.4 Å². The third-order valence-electron chi connectivity index (χ3n) is 14.0. The normalized spacial score (nSPS) is 18.1. The number of rotatable bonds is 10. The van der Waals surface area contributed by atoms with Gasteiger partial charge in [0.05, 0.1) is 54.1 Å². The SMILES string of the molecule is COc1nccc(-c2ccc3c(c2)cc(C(=O)N2CCc4nn(-c5cc(C)c(F)c(C)c5)c(-n5ccn(-c6ccc7c(cnn7CC(C)(C)O)c6)c5=O)c4[C@@H]2C)n3[C@@]2(c3noc(=O)[nH]3)C[C@@H]2C)c1C. The van der Waals surface area contributed by atoms with Crippen molar-refractivity contribution in [2.24, 2.45) is 5.92 Å². The molecule has 0 bridgehead atoms. The molecule has 69 heavy (non-hydrogen) atoms. The van der Waals surface area contributed by atoms with Crippen LogP contribution < -0.4 is 16.2 Å². The molecule has 1 amide bonds. The highest BCUT2D eigenvalue weighted by atomic mass is 19.1. The standard InChI is InChI=1S/C51H50FN11O6/c1-27-19-36(20-28(2)43(27)52)63-45(60-18-17-59(49(60)66)35-10-12-39-34(22-35)25-54-61(39)26-50(6,7)67)42-31(5)58(16-14-38(42)56-63)46(64)41-23-33-21-32(37-13-15-53-44(68-8)30(37)4)9-11-40(33)62(41)51(24-29(51)3)47-55-48(65)69-57-47/h9-13,15,17-23,25,29,31,67H,14,16,24,26H2,1-8H3,(H,55,57,65)/t29-,31-,51-/m0/s1. The molecule has 1 fully saturated rings. The van der Waals surface area contributed by atoms with E-state index in [1.807, 2.05) is 66.9 Å². The first-order chi connectivity index (χ1) is 33.0. The smallest absolute Gasteiger partial charge is 0.438 e. The number of halogens is 1. The average Bonchev–Trinajstić information content (AvgIpc) is 3.95. The number of carbonyl (C=O) groups is 1. The maximum atomic E-state index is 15.6. The van der Waals surface area contributed by atoms with Gasteiger partial charge in [0.2, 0.25) is 5.88 Å². The van der Waals surface area contributed by atoms with Gasteiger partial charge in [-0.05, 0) is 131 Å². The number of aliphatic hydroxyl groups is 1. The summed E-state index contributed by atoms with van der Waals surface area (Å²) in [6, 6.07) is 18.2. The molecule has 352 valence electrons. The molecule has 1 aliphatic heterocycles. The van der Waals surface area contributed by atoms with Crippen LogP contribution in [0.15, 0.2) is 99.6 Å². The van der Waals surface area contributed by atoms with Gasteiger partial charge in [-0.25, -0.2) is 23.6 Å². The maximum Gasteiger partial charge on any atom is 0.438 e. The Morgan fingerprint density at radius 1 is 0.971 bits per heavy atom. The van der Waals surface area contributed by atoms with E-state index in [2.05, 4.69) is 27.1 Å². The highest BCUT2D eigenvalue weighted by Gasteiger charge is 2.59. The summed E-state index contributed by atoms with van der Waals surface area (Å²) in [5.41, 5.74) is 5.76. The summed E-state index contributed by atoms with van der Waals surface area (Å²) in [5.74, 6) is -0.0448. The van der Waals surface area contributed by atoms with Crippen molar-refractivity contribution in [2.75, 3.05) is 13.7 Å². The lowest BCUT2D eigenvalue weighted by Crippen LogP contribution is -2.41. The number of aromatic amines is 1. The van der Waals surface area contributed by atoms with E-state index in [1.165, 1.54) is 9.13 Å². The first-order valence-electron chi connectivity index (χ1n) is 22.9. The number of carbonyl (C=O) groups excluding carboxylic acids is 1. The Morgan fingerprint density at radius 2 is 1.71 bits per heavy atom. The van der Waals surface area contributed by atoms with Crippen LogP contribution >= 0.6 is 0 Å². The predicted molar refractivity (Wildman–Crippen MR) is 255 cm³/mol. The zero-order valence-electron chi connectivity index (χ0n) is 39.4. The number of aromatic nitrogens is 10. The third-order valence-corrected chi connectivity index (χ3v) is 14.0. The number of fused-ring (bicyclic) bond motifs is 3. The van der Waals surface area contributed by atoms with Crippen LogP contribution in [0.3, 0.4) is 0 Å². The van der Waals surface area contributed by atoms with Crippen molar-refractivity contribution in [2.45, 2.75) is 85.0 Å². The van der Waals surface area contributed by atoms with Crippen molar-refractivity contribution in [3.05, 3.63) is 152 Å². The second-order valence-electron chi connectivity index (χ2n) is 19.2. The Labute approximate surface area is 394 Å². The molecule has 2 N–H and O–H groups in total. The van der Waals surface area contributed by atoms with Crippen LogP contribution in [0, 0.1) is 32.5 Å². The topological polar surface area (TPSA) is 189 Å². The summed E-state index contributed by atoms with van der Waals surface area (Å²) in [6.45, 7) is 13.4. The van der Waals surface area contributed by atoms with Gasteiger partial charge in [0.25, 0.3) is 5.91 Å². The molecule has 0 radical (unpaired) electrons. The number of hydrogen-bond acceptors (Lipinski definition) is 10. The minimum absolute atomic E-state index is 0.0230. The molecule has 0 unspecified atom stereocenters. The van der Waals surface area contributed by atoms with Crippen molar-refractivity contribution in [1.29, 1.82) is 0 Å². The second-order valence-corrected chi connectivity index (χ2v) is 19.2. The van der Waals surface area contributed by atoms with Crippen LogP contribution in [-0.4, -0.2) is 83.6 Å². The third kappa shape index (κ3) is 6.86. The van der Waals surface area contributed by atoms with Gasteiger partial charge in [0.1, 0.15) is 22.9 Å². The van der Waals surface area contributed by atoms with Crippen molar-refractivity contribution in [3.63, 3.8) is 0 Å². The minimum atomic E-state index is -0.984. The molecule has 18 heteroatoms. The minimum Gasteiger partial charge on any atom is -0.481 e. The van der Waals surface area contributed by atoms with Crippen molar-refractivity contribution >= 4 is 27.7 Å². The summed E-state index contributed by atoms with van der Waals surface area (Å²) in [5, 5.41) is 25.9. The number of aryl methyl sites for hydroxylation is 2. The molecule has 6 aromatic heterocycles. The number of ether oxygens (including phenoxy) is 1. The van der Waals surface area contributed by atoms with Gasteiger partial charge in [-0.1, -0.05) is 18.1 Å². The molecule has 11 rings (SSSR count). The molecule has 3 aromatic carbocycles. The summed E-state index contributed by atoms with van der Waals surface area (Å²) >= 11 is 0. The number of H-pyrrole nitrogens is 1. The van der Waals surface area contributed by atoms with Gasteiger partial charge < -0.3 is 19.3 Å². The molecule has 1 aliphatic carbocycles. The van der Waals surface area contributed by atoms with E-state index in [1.54, 1.807) is 86.0 Å². The van der Waals surface area contributed by atoms with Gasteiger partial charge in [-0.15, -0.1) is 0 Å². The quantitative estimate of drug-likeness (QED) is 0.141. The van der Waals surface area contributed by atoms with E-state index in [0.717, 1.165) is 38.5 Å². The van der Waals surface area contributed by atoms with Crippen LogP contribution in [0.4, 0.5) is 4.39 Å². The monoisotopic (exact) mass is 931 g/mol. The van der Waals surface area contributed by atoms with E-state index < -0.39 is 28.6 Å². The van der Waals surface area contributed by atoms with Crippen molar-refractivity contribution < 1.29 is 23.6 Å². The predicted octanol–water partition coefficient (Wildman–Crippen LogP) is 7.24. The highest BCUT2D eigenvalue weighted by molar-refractivity contribution is 6.01. The molecule has 0 spiro atoms. The zero-order valence-corrected chi connectivity index (χ0v) is 39.4. The summed E-state index contributed by atoms with van der Waals surface area (Å²) in [4.78, 5) is 51.9. The molecule has 7 heterocycles. The largest absolute Gasteiger partial charge is 0.481 e. The van der Waals surface area contributed by atoms with Crippen molar-refractivity contribution in [3.8, 4) is 34.2 Å². The first-order valence-corrected chi connectivity index (χ1v) is 22.9. The van der Waals surface area contributed by atoms with E-state index >= 15 is 9.18 Å². The number of imidazole rings is 1. The Bertz CT molecular complexity index is 3670. The number of amides is 1. The van der Waals surface area contributed by atoms with Gasteiger partial charge in [0, 0.05) is 59.0 Å². The molecular formula is C51H50FN11O6. The Balaban J connectivity index is 1.05.